The molecule has 1 aromatic carbocycles. The number of nitrogens with zero attached hydrogens (tertiary/aromatic N) is 1. The summed E-state index contributed by atoms with van der Waals surface area (Å²) in [5, 5.41) is 3.78. The number of aromatic nitrogens is 2. The quantitative estimate of drug-likeness (QED) is 0.759. The van der Waals surface area contributed by atoms with Crippen LogP contribution in [0, 0.1) is 0 Å². The molecule has 94 valence electrons. The zero-order valence-electron chi connectivity index (χ0n) is 9.85. The van der Waals surface area contributed by atoms with Crippen molar-refractivity contribution in [1.29, 1.82) is 0 Å². The van der Waals surface area contributed by atoms with Gasteiger partial charge in [-0.3, -0.25) is 9.78 Å². The molecule has 4 nitrogen and oxygen atoms in total. The molecule has 19 heavy (non-hydrogen) atoms. The van der Waals surface area contributed by atoms with Crippen molar-refractivity contribution in [2.75, 3.05) is 5.32 Å². The standard InChI is InChI=1S/C14H10BrN3O/c15-11-8-16-6-5-13(11)18-14(19)10-2-1-3-12-9(10)4-7-17-12/h1-8,17H,(H,16,18,19). The summed E-state index contributed by atoms with van der Waals surface area (Å²) in [7, 11) is 0. The average Bonchev–Trinajstić information content (AvgIpc) is 2.89. The Kier molecular flexibility index (Phi) is 3.05. The van der Waals surface area contributed by atoms with Gasteiger partial charge < -0.3 is 10.3 Å². The Balaban J connectivity index is 1.97. The number of halogens is 1. The van der Waals surface area contributed by atoms with Crippen LogP contribution in [0.1, 0.15) is 10.4 Å². The lowest BCUT2D eigenvalue weighted by molar-refractivity contribution is 0.102. The molecule has 0 unspecified atom stereocenters. The molecule has 3 rings (SSSR count). The maximum Gasteiger partial charge on any atom is 0.256 e. The molecule has 0 spiro atoms. The van der Waals surface area contributed by atoms with Gasteiger partial charge in [-0.05, 0) is 40.2 Å². The topological polar surface area (TPSA) is 57.8 Å². The second-order valence-corrected chi connectivity index (χ2v) is 4.91. The van der Waals surface area contributed by atoms with E-state index in [9.17, 15) is 4.79 Å². The second-order valence-electron chi connectivity index (χ2n) is 4.05. The highest BCUT2D eigenvalue weighted by Gasteiger charge is 2.11. The summed E-state index contributed by atoms with van der Waals surface area (Å²) in [5.41, 5.74) is 2.29. The van der Waals surface area contributed by atoms with Gasteiger partial charge >= 0.3 is 0 Å². The number of hydrogen-bond acceptors (Lipinski definition) is 2. The number of H-pyrrole nitrogens is 1. The molecule has 0 radical (unpaired) electrons. The van der Waals surface area contributed by atoms with Crippen LogP contribution < -0.4 is 5.32 Å². The molecule has 0 saturated carbocycles. The van der Waals surface area contributed by atoms with E-state index < -0.39 is 0 Å². The van der Waals surface area contributed by atoms with E-state index in [1.54, 1.807) is 24.5 Å². The van der Waals surface area contributed by atoms with E-state index in [1.165, 1.54) is 0 Å². The van der Waals surface area contributed by atoms with Crippen molar-refractivity contribution in [3.8, 4) is 0 Å². The minimum absolute atomic E-state index is 0.142. The lowest BCUT2D eigenvalue weighted by Gasteiger charge is -2.07. The minimum atomic E-state index is -0.142. The molecule has 2 heterocycles. The fraction of sp³-hybridized carbons (Fsp3) is 0. The number of nitrogens with one attached hydrogen (secondary N) is 2. The van der Waals surface area contributed by atoms with Crippen LogP contribution in [0.15, 0.2) is 53.4 Å². The first-order chi connectivity index (χ1) is 9.25. The third kappa shape index (κ3) is 2.24. The van der Waals surface area contributed by atoms with E-state index >= 15 is 0 Å². The van der Waals surface area contributed by atoms with Crippen molar-refractivity contribution >= 4 is 38.4 Å². The summed E-state index contributed by atoms with van der Waals surface area (Å²) < 4.78 is 0.754. The van der Waals surface area contributed by atoms with E-state index in [4.69, 9.17) is 0 Å². The van der Waals surface area contributed by atoms with Gasteiger partial charge in [0.15, 0.2) is 0 Å². The third-order valence-corrected chi connectivity index (χ3v) is 3.49. The van der Waals surface area contributed by atoms with Gasteiger partial charge in [0.25, 0.3) is 5.91 Å². The summed E-state index contributed by atoms with van der Waals surface area (Å²) in [6.45, 7) is 0. The van der Waals surface area contributed by atoms with Crippen molar-refractivity contribution in [1.82, 2.24) is 9.97 Å². The lowest BCUT2D eigenvalue weighted by Crippen LogP contribution is -2.12. The molecule has 0 aliphatic carbocycles. The summed E-state index contributed by atoms with van der Waals surface area (Å²) >= 11 is 3.36. The molecule has 0 aliphatic rings. The smallest absolute Gasteiger partial charge is 0.256 e. The van der Waals surface area contributed by atoms with Gasteiger partial charge in [-0.1, -0.05) is 6.07 Å². The summed E-state index contributed by atoms with van der Waals surface area (Å²) in [6, 6.07) is 9.25. The van der Waals surface area contributed by atoms with Crippen LogP contribution in [0.2, 0.25) is 0 Å². The first-order valence-electron chi connectivity index (χ1n) is 5.72. The number of pyridine rings is 1. The highest BCUT2D eigenvalue weighted by atomic mass is 79.9. The Morgan fingerprint density at radius 3 is 3.00 bits per heavy atom. The molecule has 0 aliphatic heterocycles. The normalized spacial score (nSPS) is 10.6. The van der Waals surface area contributed by atoms with Gasteiger partial charge in [0.2, 0.25) is 0 Å². The number of hydrogen-bond donors (Lipinski definition) is 2. The monoisotopic (exact) mass is 315 g/mol. The number of rotatable bonds is 2. The zero-order valence-corrected chi connectivity index (χ0v) is 11.4. The Labute approximate surface area is 118 Å². The number of aromatic amines is 1. The van der Waals surface area contributed by atoms with Crippen LogP contribution in [0.25, 0.3) is 10.9 Å². The van der Waals surface area contributed by atoms with E-state index in [-0.39, 0.29) is 5.91 Å². The molecule has 0 bridgehead atoms. The summed E-state index contributed by atoms with van der Waals surface area (Å²) in [6.07, 6.45) is 5.10. The first kappa shape index (κ1) is 11.9. The lowest BCUT2D eigenvalue weighted by atomic mass is 10.1. The SMILES string of the molecule is O=C(Nc1ccncc1Br)c1cccc2[nH]ccc12. The highest BCUT2D eigenvalue weighted by molar-refractivity contribution is 9.10. The Morgan fingerprint density at radius 2 is 2.16 bits per heavy atom. The van der Waals surface area contributed by atoms with Gasteiger partial charge in [-0.25, -0.2) is 0 Å². The van der Waals surface area contributed by atoms with Crippen molar-refractivity contribution in [2.24, 2.45) is 0 Å². The van der Waals surface area contributed by atoms with Gasteiger partial charge in [0, 0.05) is 35.1 Å². The Morgan fingerprint density at radius 1 is 1.26 bits per heavy atom. The number of fused-ring (bicyclic) bond motifs is 1. The summed E-state index contributed by atoms with van der Waals surface area (Å²) in [4.78, 5) is 19.4. The number of benzene rings is 1. The fourth-order valence-corrected chi connectivity index (χ4v) is 2.30. The maximum atomic E-state index is 12.3. The van der Waals surface area contributed by atoms with Gasteiger partial charge in [-0.15, -0.1) is 0 Å². The van der Waals surface area contributed by atoms with Crippen molar-refractivity contribution in [3.05, 3.63) is 59.0 Å². The van der Waals surface area contributed by atoms with Crippen molar-refractivity contribution < 1.29 is 4.79 Å². The largest absolute Gasteiger partial charge is 0.361 e. The predicted molar refractivity (Wildman–Crippen MR) is 78.2 cm³/mol. The Hall–Kier alpha value is -2.14. The number of anilines is 1. The van der Waals surface area contributed by atoms with Gasteiger partial charge in [0.1, 0.15) is 0 Å². The van der Waals surface area contributed by atoms with Crippen LogP contribution in [-0.2, 0) is 0 Å². The molecular weight excluding hydrogens is 306 g/mol. The minimum Gasteiger partial charge on any atom is -0.361 e. The van der Waals surface area contributed by atoms with Crippen LogP contribution in [0.3, 0.4) is 0 Å². The van der Waals surface area contributed by atoms with E-state index in [1.807, 2.05) is 24.4 Å². The van der Waals surface area contributed by atoms with Crippen molar-refractivity contribution in [3.63, 3.8) is 0 Å². The number of carbonyl (C=O) groups is 1. The first-order valence-corrected chi connectivity index (χ1v) is 6.52. The Bertz CT molecular complexity index is 751. The van der Waals surface area contributed by atoms with E-state index in [0.29, 0.717) is 11.3 Å². The molecule has 0 atom stereocenters. The number of amides is 1. The maximum absolute atomic E-state index is 12.3. The van der Waals surface area contributed by atoms with Crippen molar-refractivity contribution in [2.45, 2.75) is 0 Å². The van der Waals surface area contributed by atoms with Crippen LogP contribution >= 0.6 is 15.9 Å². The molecule has 2 N–H and O–H groups in total. The fourth-order valence-electron chi connectivity index (χ4n) is 1.95. The van der Waals surface area contributed by atoms with E-state index in [2.05, 4.69) is 31.2 Å². The van der Waals surface area contributed by atoms with Gasteiger partial charge in [0.05, 0.1) is 10.2 Å². The molecular formula is C14H10BrN3O. The molecule has 3 aromatic rings. The van der Waals surface area contributed by atoms with E-state index in [0.717, 1.165) is 15.4 Å². The van der Waals surface area contributed by atoms with Gasteiger partial charge in [-0.2, -0.15) is 0 Å². The third-order valence-electron chi connectivity index (χ3n) is 2.86. The van der Waals surface area contributed by atoms with Crippen LogP contribution in [0.5, 0.6) is 0 Å². The molecule has 0 fully saturated rings. The predicted octanol–water partition coefficient (Wildman–Crippen LogP) is 3.58. The average molecular weight is 316 g/mol. The number of carbonyl (C=O) groups excluding carboxylic acids is 1. The van der Waals surface area contributed by atoms with Crippen LogP contribution in [0.4, 0.5) is 5.69 Å². The molecule has 5 heteroatoms. The summed E-state index contributed by atoms with van der Waals surface area (Å²) in [5.74, 6) is -0.142. The zero-order chi connectivity index (χ0) is 13.2. The highest BCUT2D eigenvalue weighted by Crippen LogP contribution is 2.23. The van der Waals surface area contributed by atoms with Crippen LogP contribution in [-0.4, -0.2) is 15.9 Å². The molecule has 1 amide bonds. The second kappa shape index (κ2) is 4.85. The molecule has 0 saturated heterocycles. The molecule has 2 aromatic heterocycles.